The first-order valence-electron chi connectivity index (χ1n) is 9.66. The van der Waals surface area contributed by atoms with Gasteiger partial charge in [0.1, 0.15) is 11.9 Å². The maximum Gasteiger partial charge on any atom is 0.164 e. The van der Waals surface area contributed by atoms with Gasteiger partial charge in [-0.05, 0) is 19.1 Å². The lowest BCUT2D eigenvalue weighted by Gasteiger charge is -2.28. The van der Waals surface area contributed by atoms with Crippen molar-refractivity contribution in [3.63, 3.8) is 0 Å². The van der Waals surface area contributed by atoms with Crippen molar-refractivity contribution < 1.29 is 14.6 Å². The van der Waals surface area contributed by atoms with Crippen molar-refractivity contribution in [2.24, 2.45) is 0 Å². The summed E-state index contributed by atoms with van der Waals surface area (Å²) in [6.45, 7) is 4.96. The molecule has 0 spiro atoms. The number of ether oxygens (including phenoxy) is 2. The molecule has 1 aromatic carbocycles. The Morgan fingerprint density at radius 3 is 2.69 bits per heavy atom. The van der Waals surface area contributed by atoms with Crippen LogP contribution in [0.25, 0.3) is 17.1 Å². The van der Waals surface area contributed by atoms with E-state index in [0.717, 1.165) is 30.2 Å². The highest BCUT2D eigenvalue weighted by molar-refractivity contribution is 5.60. The summed E-state index contributed by atoms with van der Waals surface area (Å²) in [6.07, 6.45) is 0.960. The zero-order chi connectivity index (χ0) is 20.2. The highest BCUT2D eigenvalue weighted by Crippen LogP contribution is 2.23. The van der Waals surface area contributed by atoms with Crippen LogP contribution in [0.5, 0.6) is 0 Å². The third-order valence-corrected chi connectivity index (χ3v) is 4.81. The molecule has 0 bridgehead atoms. The highest BCUT2D eigenvalue weighted by Gasteiger charge is 2.19. The van der Waals surface area contributed by atoms with Crippen LogP contribution in [0, 0.1) is 6.92 Å². The number of hydrogen-bond donors (Lipinski definition) is 1. The van der Waals surface area contributed by atoms with Crippen molar-refractivity contribution in [3.05, 3.63) is 54.0 Å². The number of aryl methyl sites for hydroxylation is 1. The molecule has 152 valence electrons. The van der Waals surface area contributed by atoms with Crippen LogP contribution < -0.4 is 4.90 Å². The lowest BCUT2D eigenvalue weighted by atomic mass is 10.1. The number of nitrogens with zero attached hydrogens (tertiary/aromatic N) is 5. The average molecular weight is 395 g/mol. The molecule has 0 unspecified atom stereocenters. The minimum atomic E-state index is -0.911. The Balaban J connectivity index is 1.71. The number of rotatable bonds is 6. The molecule has 0 radical (unpaired) electrons. The van der Waals surface area contributed by atoms with E-state index < -0.39 is 6.10 Å². The van der Waals surface area contributed by atoms with Gasteiger partial charge in [-0.2, -0.15) is 5.10 Å². The summed E-state index contributed by atoms with van der Waals surface area (Å²) in [6, 6.07) is 12.1. The Labute approximate surface area is 169 Å². The zero-order valence-electron chi connectivity index (χ0n) is 16.7. The molecule has 1 aliphatic heterocycles. The minimum Gasteiger partial charge on any atom is -0.383 e. The van der Waals surface area contributed by atoms with E-state index >= 15 is 0 Å². The third kappa shape index (κ3) is 4.45. The van der Waals surface area contributed by atoms with Crippen molar-refractivity contribution in [3.8, 4) is 17.1 Å². The van der Waals surface area contributed by atoms with Gasteiger partial charge in [0.15, 0.2) is 11.6 Å². The summed E-state index contributed by atoms with van der Waals surface area (Å²) in [4.78, 5) is 11.2. The molecular formula is C21H25N5O3. The van der Waals surface area contributed by atoms with Crippen LogP contribution in [-0.2, 0) is 9.47 Å². The van der Waals surface area contributed by atoms with Crippen molar-refractivity contribution in [1.82, 2.24) is 19.7 Å². The Morgan fingerprint density at radius 1 is 1.14 bits per heavy atom. The predicted octanol–water partition coefficient (Wildman–Crippen LogP) is 2.15. The number of morpholine rings is 1. The fourth-order valence-electron chi connectivity index (χ4n) is 3.30. The van der Waals surface area contributed by atoms with E-state index in [4.69, 9.17) is 14.6 Å². The molecule has 8 nitrogen and oxygen atoms in total. The van der Waals surface area contributed by atoms with Gasteiger partial charge in [0.2, 0.25) is 0 Å². The van der Waals surface area contributed by atoms with E-state index in [2.05, 4.69) is 33.9 Å². The van der Waals surface area contributed by atoms with E-state index in [1.54, 1.807) is 4.68 Å². The Kier molecular flexibility index (Phi) is 5.84. The smallest absolute Gasteiger partial charge is 0.164 e. The summed E-state index contributed by atoms with van der Waals surface area (Å²) in [5.74, 6) is 1.67. The first-order chi connectivity index (χ1) is 14.1. The summed E-state index contributed by atoms with van der Waals surface area (Å²) < 4.78 is 12.2. The summed E-state index contributed by atoms with van der Waals surface area (Å²) >= 11 is 0. The molecule has 4 rings (SSSR count). The molecule has 1 fully saturated rings. The van der Waals surface area contributed by atoms with Gasteiger partial charge in [0, 0.05) is 38.0 Å². The minimum absolute atomic E-state index is 0.125. The second-order valence-corrected chi connectivity index (χ2v) is 7.03. The molecule has 0 amide bonds. The molecule has 1 saturated heterocycles. The molecule has 8 heteroatoms. The molecule has 3 heterocycles. The summed E-state index contributed by atoms with van der Waals surface area (Å²) in [7, 11) is 1.54. The predicted molar refractivity (Wildman–Crippen MR) is 109 cm³/mol. The number of benzene rings is 1. The van der Waals surface area contributed by atoms with Crippen LogP contribution in [0.4, 0.5) is 5.82 Å². The number of methoxy groups -OCH3 is 1. The lowest BCUT2D eigenvalue weighted by molar-refractivity contribution is 0.0587. The molecule has 29 heavy (non-hydrogen) atoms. The molecule has 1 N–H and O–H groups in total. The standard InChI is InChI=1S/C21H25N5O3/c1-15-4-3-5-16(12-15)17-6-7-26(24-17)20-13-19(25-8-10-29-11-9-25)22-21(23-20)18(27)14-28-2/h3-7,12-13,18,27H,8-11,14H2,1-2H3/t18-/m1/s1. The van der Waals surface area contributed by atoms with Crippen LogP contribution >= 0.6 is 0 Å². The van der Waals surface area contributed by atoms with Gasteiger partial charge in [0.25, 0.3) is 0 Å². The molecular weight excluding hydrogens is 370 g/mol. The molecule has 2 aromatic heterocycles. The van der Waals surface area contributed by atoms with Crippen LogP contribution in [-0.4, -0.2) is 64.9 Å². The number of aliphatic hydroxyl groups excluding tert-OH is 1. The SMILES string of the molecule is COC[C@@H](O)c1nc(N2CCOCC2)cc(-n2ccc(-c3cccc(C)c3)n2)n1. The number of aliphatic hydroxyl groups is 1. The van der Waals surface area contributed by atoms with Crippen LogP contribution in [0.3, 0.4) is 0 Å². The quantitative estimate of drug-likeness (QED) is 0.684. The molecule has 0 aliphatic carbocycles. The van der Waals surface area contributed by atoms with Gasteiger partial charge in [0.05, 0.1) is 25.5 Å². The Morgan fingerprint density at radius 2 is 1.93 bits per heavy atom. The fraction of sp³-hybridized carbons (Fsp3) is 0.381. The maximum absolute atomic E-state index is 10.4. The van der Waals surface area contributed by atoms with Crippen LogP contribution in [0.1, 0.15) is 17.5 Å². The van der Waals surface area contributed by atoms with E-state index in [0.29, 0.717) is 24.9 Å². The Hall–Kier alpha value is -2.81. The van der Waals surface area contributed by atoms with Crippen LogP contribution in [0.2, 0.25) is 0 Å². The summed E-state index contributed by atoms with van der Waals surface area (Å²) in [5, 5.41) is 15.1. The van der Waals surface area contributed by atoms with E-state index in [1.165, 1.54) is 12.7 Å². The third-order valence-electron chi connectivity index (χ3n) is 4.81. The van der Waals surface area contributed by atoms with Crippen LogP contribution in [0.15, 0.2) is 42.6 Å². The lowest BCUT2D eigenvalue weighted by Crippen LogP contribution is -2.37. The Bertz CT molecular complexity index is 968. The number of anilines is 1. The maximum atomic E-state index is 10.4. The van der Waals surface area contributed by atoms with Gasteiger partial charge in [-0.15, -0.1) is 0 Å². The normalized spacial score (nSPS) is 15.5. The van der Waals surface area contributed by atoms with Crippen molar-refractivity contribution in [1.29, 1.82) is 0 Å². The van der Waals surface area contributed by atoms with Gasteiger partial charge in [-0.25, -0.2) is 14.6 Å². The van der Waals surface area contributed by atoms with E-state index in [-0.39, 0.29) is 6.61 Å². The van der Waals surface area contributed by atoms with E-state index in [9.17, 15) is 5.11 Å². The molecule has 0 saturated carbocycles. The molecule has 1 aliphatic rings. The topological polar surface area (TPSA) is 85.5 Å². The largest absolute Gasteiger partial charge is 0.383 e. The van der Waals surface area contributed by atoms with E-state index in [1.807, 2.05) is 30.5 Å². The first-order valence-corrected chi connectivity index (χ1v) is 9.66. The summed E-state index contributed by atoms with van der Waals surface area (Å²) in [5.41, 5.74) is 3.09. The average Bonchev–Trinajstić information content (AvgIpc) is 3.25. The van der Waals surface area contributed by atoms with Gasteiger partial charge >= 0.3 is 0 Å². The van der Waals surface area contributed by atoms with Gasteiger partial charge in [-0.1, -0.05) is 23.8 Å². The fourth-order valence-corrected chi connectivity index (χ4v) is 3.30. The van der Waals surface area contributed by atoms with Gasteiger partial charge < -0.3 is 19.5 Å². The van der Waals surface area contributed by atoms with Crippen molar-refractivity contribution in [2.45, 2.75) is 13.0 Å². The van der Waals surface area contributed by atoms with Gasteiger partial charge in [-0.3, -0.25) is 0 Å². The highest BCUT2D eigenvalue weighted by atomic mass is 16.5. The number of hydrogen-bond acceptors (Lipinski definition) is 7. The first kappa shape index (κ1) is 19.5. The molecule has 3 aromatic rings. The van der Waals surface area contributed by atoms with Crippen molar-refractivity contribution >= 4 is 5.82 Å². The second kappa shape index (κ2) is 8.69. The van der Waals surface area contributed by atoms with Crippen molar-refractivity contribution in [2.75, 3.05) is 44.9 Å². The second-order valence-electron chi connectivity index (χ2n) is 7.03. The molecule has 1 atom stereocenters. The number of aromatic nitrogens is 4. The zero-order valence-corrected chi connectivity index (χ0v) is 16.7. The monoisotopic (exact) mass is 395 g/mol.